The largest absolute Gasteiger partial charge is 0.497 e. The zero-order valence-electron chi connectivity index (χ0n) is 8.71. The molecule has 1 atom stereocenters. The molecule has 0 saturated heterocycles. The van der Waals surface area contributed by atoms with Crippen molar-refractivity contribution in [2.24, 2.45) is 0 Å². The zero-order chi connectivity index (χ0) is 10.6. The normalized spacial score (nSPS) is 12.3. The van der Waals surface area contributed by atoms with Crippen LogP contribution in [0.5, 0.6) is 11.5 Å². The highest BCUT2D eigenvalue weighted by atomic mass is 79.9. The van der Waals surface area contributed by atoms with E-state index in [1.807, 2.05) is 18.2 Å². The molecular weight excluding hydrogens is 244 g/mol. The van der Waals surface area contributed by atoms with Gasteiger partial charge in [-0.3, -0.25) is 0 Å². The van der Waals surface area contributed by atoms with E-state index in [1.165, 1.54) is 5.56 Å². The van der Waals surface area contributed by atoms with E-state index >= 15 is 0 Å². The summed E-state index contributed by atoms with van der Waals surface area (Å²) in [5.74, 6) is 1.71. The van der Waals surface area contributed by atoms with Crippen molar-refractivity contribution in [3.63, 3.8) is 0 Å². The predicted octanol–water partition coefficient (Wildman–Crippen LogP) is 3.03. The smallest absolute Gasteiger partial charge is 0.125 e. The van der Waals surface area contributed by atoms with Crippen LogP contribution in [-0.4, -0.2) is 19.0 Å². The van der Waals surface area contributed by atoms with Crippen LogP contribution in [0, 0.1) is 0 Å². The van der Waals surface area contributed by atoms with Crippen LogP contribution >= 0.6 is 15.9 Å². The molecule has 0 N–H and O–H groups in total. The Kier molecular flexibility index (Phi) is 4.26. The summed E-state index contributed by atoms with van der Waals surface area (Å²) in [5, 5.41) is 0. The molecule has 0 fully saturated rings. The van der Waals surface area contributed by atoms with Gasteiger partial charge in [0.05, 0.1) is 14.2 Å². The number of halogens is 1. The van der Waals surface area contributed by atoms with Crippen LogP contribution in [-0.2, 0) is 6.42 Å². The van der Waals surface area contributed by atoms with Crippen molar-refractivity contribution in [2.75, 3.05) is 14.2 Å². The summed E-state index contributed by atoms with van der Waals surface area (Å²) >= 11 is 3.52. The molecule has 0 spiro atoms. The molecule has 3 heteroatoms. The number of benzene rings is 1. The Balaban J connectivity index is 2.93. The number of hydrogen-bond donors (Lipinski definition) is 0. The second-order valence-electron chi connectivity index (χ2n) is 3.16. The molecule has 0 amide bonds. The topological polar surface area (TPSA) is 18.5 Å². The molecule has 1 rings (SSSR count). The summed E-state index contributed by atoms with van der Waals surface area (Å²) in [5.41, 5.74) is 1.19. The van der Waals surface area contributed by atoms with Gasteiger partial charge in [-0.05, 0) is 18.1 Å². The second kappa shape index (κ2) is 5.25. The Bertz CT molecular complexity index is 297. The van der Waals surface area contributed by atoms with E-state index in [-0.39, 0.29) is 0 Å². The molecule has 78 valence electrons. The molecular formula is C11H15BrO2. The predicted molar refractivity (Wildman–Crippen MR) is 61.6 cm³/mol. The molecule has 0 aromatic heterocycles. The van der Waals surface area contributed by atoms with Gasteiger partial charge in [-0.25, -0.2) is 0 Å². The average molecular weight is 259 g/mol. The van der Waals surface area contributed by atoms with Crippen LogP contribution in [0.15, 0.2) is 18.2 Å². The average Bonchev–Trinajstić information content (AvgIpc) is 2.17. The molecule has 1 aromatic carbocycles. The van der Waals surface area contributed by atoms with Crippen molar-refractivity contribution < 1.29 is 9.47 Å². The van der Waals surface area contributed by atoms with Crippen LogP contribution in [0.4, 0.5) is 0 Å². The van der Waals surface area contributed by atoms with Crippen molar-refractivity contribution in [2.45, 2.75) is 18.2 Å². The first kappa shape index (κ1) is 11.4. The van der Waals surface area contributed by atoms with Crippen LogP contribution in [0.25, 0.3) is 0 Å². The van der Waals surface area contributed by atoms with E-state index in [1.54, 1.807) is 14.2 Å². The third kappa shape index (κ3) is 2.91. The number of alkyl halides is 1. The minimum Gasteiger partial charge on any atom is -0.497 e. The molecule has 0 heterocycles. The first-order chi connectivity index (χ1) is 6.67. The Morgan fingerprint density at radius 1 is 1.29 bits per heavy atom. The molecule has 1 unspecified atom stereocenters. The standard InChI is InChI=1S/C11H15BrO2/c1-8(12)6-9-4-5-10(13-2)7-11(9)14-3/h4-5,7-8H,6H2,1-3H3. The maximum Gasteiger partial charge on any atom is 0.125 e. The van der Waals surface area contributed by atoms with Gasteiger partial charge in [0.1, 0.15) is 11.5 Å². The minimum absolute atomic E-state index is 0.449. The van der Waals surface area contributed by atoms with Gasteiger partial charge in [-0.1, -0.05) is 28.9 Å². The fourth-order valence-electron chi connectivity index (χ4n) is 1.32. The number of hydrogen-bond acceptors (Lipinski definition) is 2. The summed E-state index contributed by atoms with van der Waals surface area (Å²) in [6, 6.07) is 5.90. The van der Waals surface area contributed by atoms with Crippen LogP contribution in [0.3, 0.4) is 0 Å². The fourth-order valence-corrected chi connectivity index (χ4v) is 1.67. The molecule has 14 heavy (non-hydrogen) atoms. The number of rotatable bonds is 4. The molecule has 0 bridgehead atoms. The summed E-state index contributed by atoms with van der Waals surface area (Å²) in [7, 11) is 3.33. The van der Waals surface area contributed by atoms with Crippen LogP contribution in [0.2, 0.25) is 0 Å². The molecule has 1 aromatic rings. The van der Waals surface area contributed by atoms with Gasteiger partial charge in [0.2, 0.25) is 0 Å². The lowest BCUT2D eigenvalue weighted by Crippen LogP contribution is -1.99. The van der Waals surface area contributed by atoms with Gasteiger partial charge >= 0.3 is 0 Å². The Labute approximate surface area is 93.4 Å². The lowest BCUT2D eigenvalue weighted by Gasteiger charge is -2.11. The fraction of sp³-hybridized carbons (Fsp3) is 0.455. The van der Waals surface area contributed by atoms with Crippen LogP contribution in [0.1, 0.15) is 12.5 Å². The van der Waals surface area contributed by atoms with Crippen molar-refractivity contribution >= 4 is 15.9 Å². The highest BCUT2D eigenvalue weighted by molar-refractivity contribution is 9.09. The van der Waals surface area contributed by atoms with E-state index < -0.39 is 0 Å². The van der Waals surface area contributed by atoms with Crippen molar-refractivity contribution in [1.29, 1.82) is 0 Å². The van der Waals surface area contributed by atoms with Crippen molar-refractivity contribution in [3.05, 3.63) is 23.8 Å². The first-order valence-electron chi connectivity index (χ1n) is 4.52. The lowest BCUT2D eigenvalue weighted by molar-refractivity contribution is 0.391. The van der Waals surface area contributed by atoms with Gasteiger partial charge in [0.25, 0.3) is 0 Å². The first-order valence-corrected chi connectivity index (χ1v) is 5.44. The van der Waals surface area contributed by atoms with Gasteiger partial charge in [-0.15, -0.1) is 0 Å². The van der Waals surface area contributed by atoms with Crippen LogP contribution < -0.4 is 9.47 Å². The lowest BCUT2D eigenvalue weighted by atomic mass is 10.1. The van der Waals surface area contributed by atoms with Crippen molar-refractivity contribution in [1.82, 2.24) is 0 Å². The van der Waals surface area contributed by atoms with E-state index in [0.717, 1.165) is 17.9 Å². The van der Waals surface area contributed by atoms with E-state index in [9.17, 15) is 0 Å². The monoisotopic (exact) mass is 258 g/mol. The molecule has 0 aliphatic rings. The molecule has 0 radical (unpaired) electrons. The number of ether oxygens (including phenoxy) is 2. The van der Waals surface area contributed by atoms with Gasteiger partial charge in [-0.2, -0.15) is 0 Å². The molecule has 0 aliphatic carbocycles. The van der Waals surface area contributed by atoms with Crippen molar-refractivity contribution in [3.8, 4) is 11.5 Å². The summed E-state index contributed by atoms with van der Waals surface area (Å²) < 4.78 is 10.4. The highest BCUT2D eigenvalue weighted by Gasteiger charge is 2.07. The quantitative estimate of drug-likeness (QED) is 0.774. The maximum absolute atomic E-state index is 5.29. The molecule has 0 saturated carbocycles. The van der Waals surface area contributed by atoms with E-state index in [2.05, 4.69) is 22.9 Å². The summed E-state index contributed by atoms with van der Waals surface area (Å²) in [4.78, 5) is 0.449. The second-order valence-corrected chi connectivity index (χ2v) is 4.73. The SMILES string of the molecule is COc1ccc(CC(C)Br)c(OC)c1. The number of methoxy groups -OCH3 is 2. The third-order valence-electron chi connectivity index (χ3n) is 2.00. The van der Waals surface area contributed by atoms with E-state index in [4.69, 9.17) is 9.47 Å². The Hall–Kier alpha value is -0.700. The zero-order valence-corrected chi connectivity index (χ0v) is 10.3. The Morgan fingerprint density at radius 3 is 2.50 bits per heavy atom. The minimum atomic E-state index is 0.449. The van der Waals surface area contributed by atoms with E-state index in [0.29, 0.717) is 4.83 Å². The summed E-state index contributed by atoms with van der Waals surface area (Å²) in [6.07, 6.45) is 0.952. The highest BCUT2D eigenvalue weighted by Crippen LogP contribution is 2.26. The van der Waals surface area contributed by atoms with Gasteiger partial charge < -0.3 is 9.47 Å². The Morgan fingerprint density at radius 2 is 2.00 bits per heavy atom. The van der Waals surface area contributed by atoms with Gasteiger partial charge in [0, 0.05) is 10.9 Å². The maximum atomic E-state index is 5.29. The molecule has 2 nitrogen and oxygen atoms in total. The molecule has 0 aliphatic heterocycles. The third-order valence-corrected chi connectivity index (χ3v) is 2.32. The van der Waals surface area contributed by atoms with Gasteiger partial charge in [0.15, 0.2) is 0 Å². The summed E-state index contributed by atoms with van der Waals surface area (Å²) in [6.45, 7) is 2.11.